The summed E-state index contributed by atoms with van der Waals surface area (Å²) in [6.07, 6.45) is 5.77. The normalized spacial score (nSPS) is 11.0. The molecule has 0 saturated carbocycles. The van der Waals surface area contributed by atoms with Crippen LogP contribution >= 0.6 is 35.6 Å². The molecule has 1 heterocycles. The van der Waals surface area contributed by atoms with Crippen molar-refractivity contribution in [2.75, 3.05) is 20.1 Å². The Hall–Kier alpha value is -2.06. The second-order valence-corrected chi connectivity index (χ2v) is 6.62. The first-order valence-electron chi connectivity index (χ1n) is 9.02. The molecule has 7 heteroatoms. The zero-order valence-electron chi connectivity index (χ0n) is 15.8. The van der Waals surface area contributed by atoms with Gasteiger partial charge >= 0.3 is 0 Å². The van der Waals surface area contributed by atoms with Crippen LogP contribution in [-0.4, -0.2) is 35.9 Å². The number of benzene rings is 2. The Morgan fingerprint density at radius 3 is 2.25 bits per heavy atom. The van der Waals surface area contributed by atoms with Gasteiger partial charge in [0.1, 0.15) is 0 Å². The zero-order valence-corrected chi connectivity index (χ0v) is 18.9. The number of nitrogens with zero attached hydrogens (tertiary/aromatic N) is 3. The monoisotopic (exact) mass is 509 g/mol. The Bertz CT molecular complexity index is 862. The van der Waals surface area contributed by atoms with Crippen LogP contribution in [0.2, 0.25) is 5.02 Å². The van der Waals surface area contributed by atoms with E-state index in [0.29, 0.717) is 0 Å². The summed E-state index contributed by atoms with van der Waals surface area (Å²) in [7, 11) is 1.78. The lowest BCUT2D eigenvalue weighted by atomic mass is 10.1. The maximum absolute atomic E-state index is 5.91. The molecule has 2 N–H and O–H groups in total. The fourth-order valence-electron chi connectivity index (χ4n) is 2.73. The van der Waals surface area contributed by atoms with E-state index in [-0.39, 0.29) is 24.0 Å². The molecule has 0 aliphatic heterocycles. The average molecular weight is 510 g/mol. The fourth-order valence-corrected chi connectivity index (χ4v) is 2.86. The summed E-state index contributed by atoms with van der Waals surface area (Å²) in [6, 6.07) is 18.0. The van der Waals surface area contributed by atoms with Gasteiger partial charge in [-0.15, -0.1) is 24.0 Å². The third-order valence-electron chi connectivity index (χ3n) is 4.21. The van der Waals surface area contributed by atoms with Gasteiger partial charge in [0.25, 0.3) is 0 Å². The minimum atomic E-state index is 0. The highest BCUT2D eigenvalue weighted by Gasteiger charge is 2.02. The van der Waals surface area contributed by atoms with E-state index in [4.69, 9.17) is 11.6 Å². The number of para-hydroxylation sites is 1. The first-order valence-corrected chi connectivity index (χ1v) is 9.40. The third kappa shape index (κ3) is 6.83. The van der Waals surface area contributed by atoms with Crippen molar-refractivity contribution < 1.29 is 0 Å². The molecule has 0 spiro atoms. The third-order valence-corrected chi connectivity index (χ3v) is 4.46. The second-order valence-electron chi connectivity index (χ2n) is 6.18. The first kappa shape index (κ1) is 22.2. The van der Waals surface area contributed by atoms with Gasteiger partial charge in [0.15, 0.2) is 5.96 Å². The van der Waals surface area contributed by atoms with Crippen LogP contribution in [0.5, 0.6) is 0 Å². The lowest BCUT2D eigenvalue weighted by Crippen LogP contribution is -2.39. The van der Waals surface area contributed by atoms with E-state index >= 15 is 0 Å². The molecule has 0 atom stereocenters. The standard InChI is InChI=1S/C21H24ClN5.HI/c1-23-21(24-13-11-17-7-9-19(22)10-8-17)25-14-12-18-15-26-27(16-18)20-5-3-2-4-6-20;/h2-10,15-16H,11-14H2,1H3,(H2,23,24,25);1H. The number of halogens is 2. The summed E-state index contributed by atoms with van der Waals surface area (Å²) in [6.45, 7) is 1.61. The quantitative estimate of drug-likeness (QED) is 0.287. The van der Waals surface area contributed by atoms with Gasteiger partial charge in [-0.3, -0.25) is 4.99 Å². The van der Waals surface area contributed by atoms with Crippen LogP contribution < -0.4 is 10.6 Å². The van der Waals surface area contributed by atoms with Crippen molar-refractivity contribution in [2.24, 2.45) is 4.99 Å². The Morgan fingerprint density at radius 1 is 0.964 bits per heavy atom. The Balaban J connectivity index is 0.00000280. The molecule has 0 aliphatic carbocycles. The van der Waals surface area contributed by atoms with Crippen LogP contribution in [0.15, 0.2) is 72.0 Å². The number of nitrogens with one attached hydrogen (secondary N) is 2. The number of rotatable bonds is 7. The number of aromatic nitrogens is 2. The van der Waals surface area contributed by atoms with Crippen LogP contribution in [-0.2, 0) is 12.8 Å². The summed E-state index contributed by atoms with van der Waals surface area (Å²) in [5, 5.41) is 11.9. The molecule has 28 heavy (non-hydrogen) atoms. The van der Waals surface area contributed by atoms with E-state index in [1.54, 1.807) is 7.05 Å². The number of aliphatic imine (C=N–C) groups is 1. The maximum Gasteiger partial charge on any atom is 0.190 e. The summed E-state index contributed by atoms with van der Waals surface area (Å²) in [5.74, 6) is 0.805. The van der Waals surface area contributed by atoms with Gasteiger partial charge in [0, 0.05) is 31.4 Å². The van der Waals surface area contributed by atoms with Crippen molar-refractivity contribution in [2.45, 2.75) is 12.8 Å². The molecule has 0 bridgehead atoms. The van der Waals surface area contributed by atoms with Gasteiger partial charge in [0.2, 0.25) is 0 Å². The Kier molecular flexibility index (Phi) is 9.30. The minimum absolute atomic E-state index is 0. The topological polar surface area (TPSA) is 54.2 Å². The molecule has 148 valence electrons. The molecule has 3 aromatic rings. The van der Waals surface area contributed by atoms with Crippen molar-refractivity contribution in [3.63, 3.8) is 0 Å². The van der Waals surface area contributed by atoms with Crippen LogP contribution in [0.1, 0.15) is 11.1 Å². The van der Waals surface area contributed by atoms with E-state index in [9.17, 15) is 0 Å². The summed E-state index contributed by atoms with van der Waals surface area (Å²) < 4.78 is 1.90. The van der Waals surface area contributed by atoms with Crippen molar-refractivity contribution >= 4 is 41.5 Å². The van der Waals surface area contributed by atoms with Gasteiger partial charge in [0.05, 0.1) is 11.9 Å². The van der Waals surface area contributed by atoms with Crippen molar-refractivity contribution in [1.82, 2.24) is 20.4 Å². The average Bonchev–Trinajstić information content (AvgIpc) is 3.18. The molecule has 0 unspecified atom stereocenters. The van der Waals surface area contributed by atoms with E-state index in [1.807, 2.05) is 65.5 Å². The highest BCUT2D eigenvalue weighted by atomic mass is 127. The molecule has 0 amide bonds. The van der Waals surface area contributed by atoms with Gasteiger partial charge in [-0.25, -0.2) is 4.68 Å². The van der Waals surface area contributed by atoms with Crippen LogP contribution in [0.4, 0.5) is 0 Å². The van der Waals surface area contributed by atoms with Crippen molar-refractivity contribution in [3.05, 3.63) is 83.1 Å². The van der Waals surface area contributed by atoms with Crippen molar-refractivity contribution in [1.29, 1.82) is 0 Å². The number of hydrogen-bond acceptors (Lipinski definition) is 2. The van der Waals surface area contributed by atoms with Crippen LogP contribution in [0, 0.1) is 0 Å². The molecule has 0 fully saturated rings. The van der Waals surface area contributed by atoms with Gasteiger partial charge in [-0.1, -0.05) is 41.9 Å². The largest absolute Gasteiger partial charge is 0.356 e. The minimum Gasteiger partial charge on any atom is -0.356 e. The predicted octanol–water partition coefficient (Wildman–Crippen LogP) is 4.09. The van der Waals surface area contributed by atoms with E-state index in [1.165, 1.54) is 11.1 Å². The zero-order chi connectivity index (χ0) is 18.9. The Labute approximate surface area is 188 Å². The van der Waals surface area contributed by atoms with E-state index < -0.39 is 0 Å². The first-order chi connectivity index (χ1) is 13.2. The summed E-state index contributed by atoms with van der Waals surface area (Å²) >= 11 is 5.91. The fraction of sp³-hybridized carbons (Fsp3) is 0.238. The molecular formula is C21H25ClIN5. The van der Waals surface area contributed by atoms with E-state index in [2.05, 4.69) is 26.9 Å². The van der Waals surface area contributed by atoms with Gasteiger partial charge in [-0.2, -0.15) is 5.10 Å². The molecular weight excluding hydrogens is 485 g/mol. The van der Waals surface area contributed by atoms with Gasteiger partial charge < -0.3 is 10.6 Å². The van der Waals surface area contributed by atoms with Crippen LogP contribution in [0.3, 0.4) is 0 Å². The molecule has 0 saturated heterocycles. The van der Waals surface area contributed by atoms with Crippen LogP contribution in [0.25, 0.3) is 5.69 Å². The van der Waals surface area contributed by atoms with Gasteiger partial charge in [-0.05, 0) is 48.2 Å². The highest BCUT2D eigenvalue weighted by molar-refractivity contribution is 14.0. The predicted molar refractivity (Wildman–Crippen MR) is 127 cm³/mol. The van der Waals surface area contributed by atoms with E-state index in [0.717, 1.165) is 42.6 Å². The molecule has 5 nitrogen and oxygen atoms in total. The molecule has 3 rings (SSSR count). The van der Waals surface area contributed by atoms with Crippen molar-refractivity contribution in [3.8, 4) is 5.69 Å². The molecule has 1 aromatic heterocycles. The smallest absolute Gasteiger partial charge is 0.190 e. The summed E-state index contributed by atoms with van der Waals surface area (Å²) in [4.78, 5) is 4.27. The molecule has 0 radical (unpaired) electrons. The lowest BCUT2D eigenvalue weighted by Gasteiger charge is -2.11. The second kappa shape index (κ2) is 11.7. The highest BCUT2D eigenvalue weighted by Crippen LogP contribution is 2.09. The molecule has 0 aliphatic rings. The SMILES string of the molecule is CN=C(NCCc1ccc(Cl)cc1)NCCc1cnn(-c2ccccc2)c1.I. The molecule has 2 aromatic carbocycles. The maximum atomic E-state index is 5.91. The number of hydrogen-bond donors (Lipinski definition) is 2. The lowest BCUT2D eigenvalue weighted by molar-refractivity contribution is 0.784. The number of guanidine groups is 1. The Morgan fingerprint density at radius 2 is 1.61 bits per heavy atom. The summed E-state index contributed by atoms with van der Waals surface area (Å²) in [5.41, 5.74) is 3.50.